The quantitative estimate of drug-likeness (QED) is 0.692. The molecule has 0 aliphatic rings. The fraction of sp³-hybridized carbons (Fsp3) is 0.333. The lowest BCUT2D eigenvalue weighted by Gasteiger charge is -2.14. The molecule has 0 aromatic heterocycles. The van der Waals surface area contributed by atoms with Crippen LogP contribution in [-0.4, -0.2) is 0 Å². The van der Waals surface area contributed by atoms with Crippen LogP contribution in [0.15, 0.2) is 48.5 Å². The van der Waals surface area contributed by atoms with Gasteiger partial charge in [-0.15, -0.1) is 0 Å². The molecule has 0 radical (unpaired) electrons. The molecule has 0 heterocycles. The monoisotopic (exact) mass is 272 g/mol. The van der Waals surface area contributed by atoms with Crippen molar-refractivity contribution in [2.45, 2.75) is 39.2 Å². The number of hydrogen-bond donors (Lipinski definition) is 0. The van der Waals surface area contributed by atoms with Crippen molar-refractivity contribution < 1.29 is 9.13 Å². The Morgan fingerprint density at radius 2 is 1.70 bits per heavy atom. The van der Waals surface area contributed by atoms with Crippen LogP contribution < -0.4 is 4.74 Å². The normalized spacial score (nSPS) is 10.8. The Kier molecular flexibility index (Phi) is 5.16. The van der Waals surface area contributed by atoms with Crippen molar-refractivity contribution in [1.29, 1.82) is 0 Å². The van der Waals surface area contributed by atoms with Gasteiger partial charge in [0.25, 0.3) is 0 Å². The van der Waals surface area contributed by atoms with Gasteiger partial charge in [-0.3, -0.25) is 0 Å². The van der Waals surface area contributed by atoms with Gasteiger partial charge in [-0.05, 0) is 42.0 Å². The van der Waals surface area contributed by atoms with E-state index in [1.54, 1.807) is 12.1 Å². The fourth-order valence-corrected chi connectivity index (χ4v) is 2.38. The number of ether oxygens (including phenoxy) is 1. The zero-order valence-electron chi connectivity index (χ0n) is 12.1. The second kappa shape index (κ2) is 7.09. The van der Waals surface area contributed by atoms with E-state index in [0.29, 0.717) is 18.3 Å². The summed E-state index contributed by atoms with van der Waals surface area (Å²) < 4.78 is 19.6. The summed E-state index contributed by atoms with van der Waals surface area (Å²) in [6.07, 6.45) is 2.06. The van der Waals surface area contributed by atoms with Gasteiger partial charge in [-0.1, -0.05) is 50.2 Å². The van der Waals surface area contributed by atoms with E-state index in [-0.39, 0.29) is 5.82 Å². The van der Waals surface area contributed by atoms with Crippen molar-refractivity contribution in [3.8, 4) is 5.75 Å². The van der Waals surface area contributed by atoms with Crippen molar-refractivity contribution in [2.24, 2.45) is 0 Å². The first kappa shape index (κ1) is 14.6. The van der Waals surface area contributed by atoms with Gasteiger partial charge in [0.2, 0.25) is 0 Å². The molecule has 0 N–H and O–H groups in total. The molecule has 0 spiro atoms. The summed E-state index contributed by atoms with van der Waals surface area (Å²) in [6, 6.07) is 15.1. The van der Waals surface area contributed by atoms with E-state index >= 15 is 0 Å². The van der Waals surface area contributed by atoms with Crippen LogP contribution >= 0.6 is 0 Å². The largest absolute Gasteiger partial charge is 0.486 e. The van der Waals surface area contributed by atoms with Gasteiger partial charge in [0.15, 0.2) is 11.6 Å². The van der Waals surface area contributed by atoms with Gasteiger partial charge < -0.3 is 4.74 Å². The van der Waals surface area contributed by atoms with Gasteiger partial charge >= 0.3 is 0 Å². The standard InChI is InChI=1S/C18H21FO/c1-3-15(4-2)16-10-11-18(17(19)12-16)20-13-14-8-6-5-7-9-14/h5-12,15H,3-4,13H2,1-2H3. The molecule has 0 atom stereocenters. The summed E-state index contributed by atoms with van der Waals surface area (Å²) in [5.74, 6) is 0.474. The van der Waals surface area contributed by atoms with Gasteiger partial charge in [0.1, 0.15) is 6.61 Å². The lowest BCUT2D eigenvalue weighted by molar-refractivity contribution is 0.290. The van der Waals surface area contributed by atoms with Crippen LogP contribution in [0.2, 0.25) is 0 Å². The Hall–Kier alpha value is -1.83. The second-order valence-corrected chi connectivity index (χ2v) is 4.98. The number of rotatable bonds is 6. The molecule has 2 aromatic carbocycles. The van der Waals surface area contributed by atoms with Gasteiger partial charge in [0, 0.05) is 0 Å². The molecule has 0 saturated heterocycles. The maximum Gasteiger partial charge on any atom is 0.165 e. The Morgan fingerprint density at radius 3 is 2.30 bits per heavy atom. The summed E-state index contributed by atoms with van der Waals surface area (Å²) in [5, 5.41) is 0. The molecule has 0 bridgehead atoms. The summed E-state index contributed by atoms with van der Waals surface area (Å²) >= 11 is 0. The van der Waals surface area contributed by atoms with Crippen molar-refractivity contribution in [2.75, 3.05) is 0 Å². The molecule has 0 amide bonds. The Balaban J connectivity index is 2.06. The van der Waals surface area contributed by atoms with E-state index in [1.165, 1.54) is 0 Å². The highest BCUT2D eigenvalue weighted by atomic mass is 19.1. The van der Waals surface area contributed by atoms with Crippen molar-refractivity contribution in [3.05, 3.63) is 65.5 Å². The third-order valence-electron chi connectivity index (χ3n) is 3.65. The number of hydrogen-bond acceptors (Lipinski definition) is 1. The van der Waals surface area contributed by atoms with Gasteiger partial charge in [-0.25, -0.2) is 4.39 Å². The Morgan fingerprint density at radius 1 is 1.00 bits per heavy atom. The zero-order chi connectivity index (χ0) is 14.4. The third-order valence-corrected chi connectivity index (χ3v) is 3.65. The molecule has 2 aromatic rings. The lowest BCUT2D eigenvalue weighted by atomic mass is 9.94. The van der Waals surface area contributed by atoms with E-state index in [2.05, 4.69) is 13.8 Å². The molecular weight excluding hydrogens is 251 g/mol. The molecule has 2 rings (SSSR count). The van der Waals surface area contributed by atoms with E-state index in [9.17, 15) is 4.39 Å². The van der Waals surface area contributed by atoms with Crippen LogP contribution in [0.3, 0.4) is 0 Å². The molecule has 106 valence electrons. The first-order valence-corrected chi connectivity index (χ1v) is 7.20. The van der Waals surface area contributed by atoms with Crippen LogP contribution in [0.1, 0.15) is 43.7 Å². The number of halogens is 1. The minimum Gasteiger partial charge on any atom is -0.486 e. The minimum atomic E-state index is -0.273. The Bertz CT molecular complexity index is 532. The van der Waals surface area contributed by atoms with Gasteiger partial charge in [-0.2, -0.15) is 0 Å². The average molecular weight is 272 g/mol. The molecule has 1 nitrogen and oxygen atoms in total. The molecule has 0 aliphatic carbocycles. The smallest absolute Gasteiger partial charge is 0.165 e. The van der Waals surface area contributed by atoms with E-state index in [4.69, 9.17) is 4.74 Å². The molecule has 0 aliphatic heterocycles. The number of benzene rings is 2. The summed E-state index contributed by atoms with van der Waals surface area (Å²) in [7, 11) is 0. The highest BCUT2D eigenvalue weighted by molar-refractivity contribution is 5.31. The highest BCUT2D eigenvalue weighted by Crippen LogP contribution is 2.27. The summed E-state index contributed by atoms with van der Waals surface area (Å²) in [5.41, 5.74) is 2.09. The molecule has 0 fully saturated rings. The maximum absolute atomic E-state index is 14.1. The van der Waals surface area contributed by atoms with Crippen LogP contribution in [0.4, 0.5) is 4.39 Å². The third kappa shape index (κ3) is 3.60. The lowest BCUT2D eigenvalue weighted by Crippen LogP contribution is -2.00. The fourth-order valence-electron chi connectivity index (χ4n) is 2.38. The topological polar surface area (TPSA) is 9.23 Å². The van der Waals surface area contributed by atoms with Crippen molar-refractivity contribution >= 4 is 0 Å². The van der Waals surface area contributed by atoms with E-state index in [0.717, 1.165) is 24.0 Å². The minimum absolute atomic E-state index is 0.273. The van der Waals surface area contributed by atoms with Crippen LogP contribution in [0.25, 0.3) is 0 Å². The molecular formula is C18H21FO. The van der Waals surface area contributed by atoms with Crippen LogP contribution in [0.5, 0.6) is 5.75 Å². The molecule has 20 heavy (non-hydrogen) atoms. The second-order valence-electron chi connectivity index (χ2n) is 4.98. The molecule has 0 saturated carbocycles. The van der Waals surface area contributed by atoms with E-state index < -0.39 is 0 Å². The predicted octanol–water partition coefficient (Wildman–Crippen LogP) is 5.31. The van der Waals surface area contributed by atoms with E-state index in [1.807, 2.05) is 36.4 Å². The molecule has 0 unspecified atom stereocenters. The van der Waals surface area contributed by atoms with Crippen molar-refractivity contribution in [1.82, 2.24) is 0 Å². The summed E-state index contributed by atoms with van der Waals surface area (Å²) in [6.45, 7) is 4.65. The Labute approximate surface area is 120 Å². The van der Waals surface area contributed by atoms with Crippen molar-refractivity contribution in [3.63, 3.8) is 0 Å². The summed E-state index contributed by atoms with van der Waals surface area (Å²) in [4.78, 5) is 0. The maximum atomic E-state index is 14.1. The zero-order valence-corrected chi connectivity index (χ0v) is 12.1. The highest BCUT2D eigenvalue weighted by Gasteiger charge is 2.11. The average Bonchev–Trinajstić information content (AvgIpc) is 2.49. The van der Waals surface area contributed by atoms with Crippen LogP contribution in [-0.2, 0) is 6.61 Å². The van der Waals surface area contributed by atoms with Crippen LogP contribution in [0, 0.1) is 5.82 Å². The molecule has 2 heteroatoms. The predicted molar refractivity (Wildman–Crippen MR) is 80.5 cm³/mol. The first-order valence-electron chi connectivity index (χ1n) is 7.20. The van der Waals surface area contributed by atoms with Gasteiger partial charge in [0.05, 0.1) is 0 Å². The first-order chi connectivity index (χ1) is 9.74. The SMILES string of the molecule is CCC(CC)c1ccc(OCc2ccccc2)c(F)c1.